The molecule has 3 amide bonds. The van der Waals surface area contributed by atoms with Gasteiger partial charge in [-0.05, 0) is 43.5 Å². The smallest absolute Gasteiger partial charge is 0.251 e. The summed E-state index contributed by atoms with van der Waals surface area (Å²) >= 11 is 0. The summed E-state index contributed by atoms with van der Waals surface area (Å²) in [4.78, 5) is 37.4. The Bertz CT molecular complexity index is 658. The number of carbonyl (C=O) groups is 3. The van der Waals surface area contributed by atoms with Crippen LogP contribution < -0.4 is 10.6 Å². The zero-order valence-electron chi connectivity index (χ0n) is 14.1. The minimum atomic E-state index is -0.385. The van der Waals surface area contributed by atoms with E-state index < -0.39 is 0 Å². The van der Waals surface area contributed by atoms with Crippen LogP contribution in [0.4, 0.5) is 0 Å². The van der Waals surface area contributed by atoms with Gasteiger partial charge in [-0.15, -0.1) is 0 Å². The Labute approximate surface area is 147 Å². The molecule has 0 unspecified atom stereocenters. The maximum absolute atomic E-state index is 12.0. The molecule has 1 aliphatic heterocycles. The lowest BCUT2D eigenvalue weighted by Crippen LogP contribution is -2.40. The normalized spacial score (nSPS) is 13.6. The van der Waals surface area contributed by atoms with Crippen molar-refractivity contribution in [1.82, 2.24) is 15.5 Å². The van der Waals surface area contributed by atoms with Gasteiger partial charge in [0.2, 0.25) is 11.8 Å². The van der Waals surface area contributed by atoms with Crippen LogP contribution in [0.15, 0.2) is 24.3 Å². The van der Waals surface area contributed by atoms with E-state index in [0.717, 1.165) is 25.9 Å². The molecule has 0 aromatic heterocycles. The molecule has 2 N–H and O–H groups in total. The molecular weight excluding hydrogens is 320 g/mol. The number of nitrogens with zero attached hydrogens (tertiary/aromatic N) is 2. The predicted molar refractivity (Wildman–Crippen MR) is 91.5 cm³/mol. The van der Waals surface area contributed by atoms with Gasteiger partial charge in [-0.2, -0.15) is 5.26 Å². The number of hydrogen-bond donors (Lipinski definition) is 2. The zero-order chi connectivity index (χ0) is 18.1. The number of carbonyl (C=O) groups excluding carboxylic acids is 3. The molecule has 7 heteroatoms. The number of piperidine rings is 1. The highest BCUT2D eigenvalue weighted by Gasteiger charge is 2.16. The number of nitrogens with one attached hydrogen (secondary N) is 2. The van der Waals surface area contributed by atoms with Crippen LogP contribution >= 0.6 is 0 Å². The third kappa shape index (κ3) is 5.92. The van der Waals surface area contributed by atoms with Crippen molar-refractivity contribution in [3.63, 3.8) is 0 Å². The minimum Gasteiger partial charge on any atom is -0.354 e. The van der Waals surface area contributed by atoms with E-state index in [1.165, 1.54) is 18.6 Å². The lowest BCUT2D eigenvalue weighted by Gasteiger charge is -2.26. The second-order valence-electron chi connectivity index (χ2n) is 5.91. The summed E-state index contributed by atoms with van der Waals surface area (Å²) < 4.78 is 0. The van der Waals surface area contributed by atoms with Gasteiger partial charge in [0, 0.05) is 31.6 Å². The largest absolute Gasteiger partial charge is 0.354 e. The maximum atomic E-state index is 12.0. The second-order valence-corrected chi connectivity index (χ2v) is 5.91. The first-order valence-corrected chi connectivity index (χ1v) is 8.43. The van der Waals surface area contributed by atoms with Crippen LogP contribution in [0.3, 0.4) is 0 Å². The molecule has 0 radical (unpaired) electrons. The Hall–Kier alpha value is -2.88. The molecule has 1 aromatic rings. The molecule has 1 heterocycles. The lowest BCUT2D eigenvalue weighted by atomic mass is 10.1. The third-order valence-corrected chi connectivity index (χ3v) is 4.06. The van der Waals surface area contributed by atoms with Crippen molar-refractivity contribution in [2.24, 2.45) is 0 Å². The van der Waals surface area contributed by atoms with Crippen LogP contribution in [-0.4, -0.2) is 48.8 Å². The molecule has 1 aliphatic rings. The van der Waals surface area contributed by atoms with Crippen molar-refractivity contribution in [3.05, 3.63) is 35.4 Å². The Morgan fingerprint density at radius 2 is 1.72 bits per heavy atom. The molecule has 25 heavy (non-hydrogen) atoms. The summed E-state index contributed by atoms with van der Waals surface area (Å²) in [5.74, 6) is -0.668. The van der Waals surface area contributed by atoms with Crippen LogP contribution in [0, 0.1) is 11.3 Å². The van der Waals surface area contributed by atoms with Gasteiger partial charge in [-0.25, -0.2) is 0 Å². The molecule has 0 atom stereocenters. The highest BCUT2D eigenvalue weighted by Crippen LogP contribution is 2.09. The molecular formula is C18H22N4O3. The van der Waals surface area contributed by atoms with Crippen molar-refractivity contribution >= 4 is 17.7 Å². The van der Waals surface area contributed by atoms with Crippen molar-refractivity contribution in [3.8, 4) is 6.07 Å². The summed E-state index contributed by atoms with van der Waals surface area (Å²) in [6, 6.07) is 8.12. The SMILES string of the molecule is N#Cc1ccc(C(=O)NCC(=O)NCCC(=O)N2CCCCC2)cc1. The predicted octanol–water partition coefficient (Wildman–Crippen LogP) is 0.807. The van der Waals surface area contributed by atoms with Gasteiger partial charge in [0.05, 0.1) is 18.2 Å². The van der Waals surface area contributed by atoms with Gasteiger partial charge in [0.25, 0.3) is 5.91 Å². The first-order valence-electron chi connectivity index (χ1n) is 8.43. The monoisotopic (exact) mass is 342 g/mol. The Morgan fingerprint density at radius 3 is 2.36 bits per heavy atom. The second kappa shape index (κ2) is 9.42. The maximum Gasteiger partial charge on any atom is 0.251 e. The van der Waals surface area contributed by atoms with E-state index in [1.807, 2.05) is 11.0 Å². The molecule has 1 fully saturated rings. The van der Waals surface area contributed by atoms with Crippen LogP contribution in [0.1, 0.15) is 41.6 Å². The Morgan fingerprint density at radius 1 is 1.04 bits per heavy atom. The molecule has 1 saturated heterocycles. The molecule has 2 rings (SSSR count). The summed E-state index contributed by atoms with van der Waals surface area (Å²) in [5, 5.41) is 13.9. The van der Waals surface area contributed by atoms with E-state index in [-0.39, 0.29) is 37.2 Å². The molecule has 0 saturated carbocycles. The first kappa shape index (κ1) is 18.5. The molecule has 0 spiro atoms. The Balaban J connectivity index is 1.65. The van der Waals surface area contributed by atoms with E-state index >= 15 is 0 Å². The summed E-state index contributed by atoms with van der Waals surface area (Å²) in [6.07, 6.45) is 3.52. The van der Waals surface area contributed by atoms with Crippen molar-refractivity contribution < 1.29 is 14.4 Å². The van der Waals surface area contributed by atoms with Crippen LogP contribution in [0.25, 0.3) is 0 Å². The van der Waals surface area contributed by atoms with Crippen LogP contribution in [0.5, 0.6) is 0 Å². The molecule has 7 nitrogen and oxygen atoms in total. The van der Waals surface area contributed by atoms with Gasteiger partial charge >= 0.3 is 0 Å². The molecule has 0 bridgehead atoms. The minimum absolute atomic E-state index is 0.0571. The van der Waals surface area contributed by atoms with E-state index in [1.54, 1.807) is 12.1 Å². The van der Waals surface area contributed by atoms with Gasteiger partial charge in [-0.1, -0.05) is 0 Å². The van der Waals surface area contributed by atoms with Crippen molar-refractivity contribution in [2.45, 2.75) is 25.7 Å². The number of likely N-dealkylation sites (tertiary alicyclic amines) is 1. The van der Waals surface area contributed by atoms with Gasteiger partial charge in [-0.3, -0.25) is 14.4 Å². The third-order valence-electron chi connectivity index (χ3n) is 4.06. The van der Waals surface area contributed by atoms with E-state index in [9.17, 15) is 14.4 Å². The fourth-order valence-corrected chi connectivity index (χ4v) is 2.63. The van der Waals surface area contributed by atoms with E-state index in [0.29, 0.717) is 11.1 Å². The number of rotatable bonds is 6. The molecule has 132 valence electrons. The van der Waals surface area contributed by atoms with Crippen molar-refractivity contribution in [2.75, 3.05) is 26.2 Å². The lowest BCUT2D eigenvalue weighted by molar-refractivity contribution is -0.132. The van der Waals surface area contributed by atoms with Crippen LogP contribution in [0.2, 0.25) is 0 Å². The number of benzene rings is 1. The summed E-state index contributed by atoms with van der Waals surface area (Å²) in [7, 11) is 0. The Kier molecular flexibility index (Phi) is 6.96. The summed E-state index contributed by atoms with van der Waals surface area (Å²) in [5.41, 5.74) is 0.847. The average Bonchev–Trinajstić information content (AvgIpc) is 2.66. The first-order chi connectivity index (χ1) is 12.1. The molecule has 0 aliphatic carbocycles. The average molecular weight is 342 g/mol. The standard InChI is InChI=1S/C18H22N4O3/c19-12-14-4-6-15(7-5-14)18(25)21-13-16(23)20-9-8-17(24)22-10-2-1-3-11-22/h4-7H,1-3,8-11,13H2,(H,20,23)(H,21,25). The summed E-state index contributed by atoms with van der Waals surface area (Å²) in [6.45, 7) is 1.71. The van der Waals surface area contributed by atoms with Gasteiger partial charge in [0.15, 0.2) is 0 Å². The highest BCUT2D eigenvalue weighted by atomic mass is 16.2. The van der Waals surface area contributed by atoms with E-state index in [2.05, 4.69) is 10.6 Å². The van der Waals surface area contributed by atoms with Crippen molar-refractivity contribution in [1.29, 1.82) is 5.26 Å². The topological polar surface area (TPSA) is 102 Å². The van der Waals surface area contributed by atoms with Gasteiger partial charge in [0.1, 0.15) is 0 Å². The van der Waals surface area contributed by atoms with E-state index in [4.69, 9.17) is 5.26 Å². The fraction of sp³-hybridized carbons (Fsp3) is 0.444. The van der Waals surface area contributed by atoms with Crippen LogP contribution in [-0.2, 0) is 9.59 Å². The fourth-order valence-electron chi connectivity index (χ4n) is 2.63. The van der Waals surface area contributed by atoms with Gasteiger partial charge < -0.3 is 15.5 Å². The zero-order valence-corrected chi connectivity index (χ0v) is 14.1. The molecule has 1 aromatic carbocycles. The highest BCUT2D eigenvalue weighted by molar-refractivity contribution is 5.96. The number of amides is 3. The number of hydrogen-bond acceptors (Lipinski definition) is 4. The number of nitriles is 1. The quantitative estimate of drug-likeness (QED) is 0.798.